The van der Waals surface area contributed by atoms with Crippen molar-refractivity contribution >= 4 is 46.4 Å². The van der Waals surface area contributed by atoms with Gasteiger partial charge in [-0.05, 0) is 42.5 Å². The molecule has 0 aliphatic rings. The van der Waals surface area contributed by atoms with Crippen LogP contribution in [0.2, 0.25) is 10.0 Å². The molecule has 0 aliphatic heterocycles. The smallest absolute Gasteiger partial charge is 0.262 e. The SMILES string of the molecule is O=C(COc1ccccc1C(=O)Nc1ccc(Cl)cc1Cl)Nc1ccccc1F. The van der Waals surface area contributed by atoms with Crippen molar-refractivity contribution in [3.8, 4) is 5.75 Å². The van der Waals surface area contributed by atoms with E-state index in [1.165, 1.54) is 24.3 Å². The van der Waals surface area contributed by atoms with E-state index in [1.807, 2.05) is 0 Å². The number of hydrogen-bond donors (Lipinski definition) is 2. The van der Waals surface area contributed by atoms with E-state index in [4.69, 9.17) is 27.9 Å². The number of ether oxygens (including phenoxy) is 1. The fraction of sp³-hybridized carbons (Fsp3) is 0.0476. The Hall–Kier alpha value is -3.09. The lowest BCUT2D eigenvalue weighted by molar-refractivity contribution is -0.118. The van der Waals surface area contributed by atoms with Crippen molar-refractivity contribution < 1.29 is 18.7 Å². The monoisotopic (exact) mass is 432 g/mol. The topological polar surface area (TPSA) is 67.4 Å². The molecule has 29 heavy (non-hydrogen) atoms. The van der Waals surface area contributed by atoms with Gasteiger partial charge in [-0.25, -0.2) is 4.39 Å². The number of nitrogens with one attached hydrogen (secondary N) is 2. The molecule has 0 aliphatic carbocycles. The number of carbonyl (C=O) groups is 2. The summed E-state index contributed by atoms with van der Waals surface area (Å²) < 4.78 is 19.1. The summed E-state index contributed by atoms with van der Waals surface area (Å²) in [5, 5.41) is 5.81. The predicted octanol–water partition coefficient (Wildman–Crippen LogP) is 5.40. The first-order chi connectivity index (χ1) is 13.9. The van der Waals surface area contributed by atoms with Crippen LogP contribution in [0, 0.1) is 5.82 Å². The minimum Gasteiger partial charge on any atom is -0.483 e. The molecule has 0 aromatic heterocycles. The highest BCUT2D eigenvalue weighted by molar-refractivity contribution is 6.36. The van der Waals surface area contributed by atoms with Gasteiger partial charge in [-0.1, -0.05) is 47.5 Å². The summed E-state index contributed by atoms with van der Waals surface area (Å²) in [6, 6.07) is 16.9. The van der Waals surface area contributed by atoms with Gasteiger partial charge in [0.2, 0.25) is 0 Å². The Balaban J connectivity index is 1.67. The van der Waals surface area contributed by atoms with Gasteiger partial charge in [0.15, 0.2) is 6.61 Å². The molecule has 0 saturated heterocycles. The molecular formula is C21H15Cl2FN2O3. The number of benzene rings is 3. The van der Waals surface area contributed by atoms with Crippen LogP contribution in [0.1, 0.15) is 10.4 Å². The highest BCUT2D eigenvalue weighted by Crippen LogP contribution is 2.27. The second-order valence-electron chi connectivity index (χ2n) is 5.89. The molecule has 0 unspecified atom stereocenters. The van der Waals surface area contributed by atoms with Crippen LogP contribution in [0.15, 0.2) is 66.7 Å². The molecule has 8 heteroatoms. The van der Waals surface area contributed by atoms with Crippen molar-refractivity contribution in [3.05, 3.63) is 88.2 Å². The van der Waals surface area contributed by atoms with Crippen molar-refractivity contribution in [2.24, 2.45) is 0 Å². The van der Waals surface area contributed by atoms with Gasteiger partial charge in [0.25, 0.3) is 11.8 Å². The normalized spacial score (nSPS) is 10.3. The average molecular weight is 433 g/mol. The van der Waals surface area contributed by atoms with Gasteiger partial charge < -0.3 is 15.4 Å². The largest absolute Gasteiger partial charge is 0.483 e. The third-order valence-electron chi connectivity index (χ3n) is 3.82. The molecule has 2 amide bonds. The molecule has 3 rings (SSSR count). The number of anilines is 2. The molecule has 0 fully saturated rings. The zero-order chi connectivity index (χ0) is 20.8. The van der Waals surface area contributed by atoms with Crippen LogP contribution in [0.3, 0.4) is 0 Å². The Kier molecular flexibility index (Phi) is 6.69. The van der Waals surface area contributed by atoms with Crippen LogP contribution in [0.5, 0.6) is 5.75 Å². The van der Waals surface area contributed by atoms with Crippen molar-refractivity contribution in [3.63, 3.8) is 0 Å². The molecule has 0 bridgehead atoms. The van der Waals surface area contributed by atoms with Gasteiger partial charge >= 0.3 is 0 Å². The molecular weight excluding hydrogens is 418 g/mol. The van der Waals surface area contributed by atoms with Crippen molar-refractivity contribution in [1.82, 2.24) is 0 Å². The van der Waals surface area contributed by atoms with Crippen LogP contribution in [0.25, 0.3) is 0 Å². The first-order valence-electron chi connectivity index (χ1n) is 8.46. The Morgan fingerprint density at radius 2 is 1.62 bits per heavy atom. The highest BCUT2D eigenvalue weighted by Gasteiger charge is 2.15. The van der Waals surface area contributed by atoms with Gasteiger partial charge in [0, 0.05) is 5.02 Å². The van der Waals surface area contributed by atoms with E-state index in [2.05, 4.69) is 10.6 Å². The van der Waals surface area contributed by atoms with Crippen LogP contribution in [-0.4, -0.2) is 18.4 Å². The number of para-hydroxylation sites is 2. The standard InChI is InChI=1S/C21H15Cl2FN2O3/c22-13-9-10-17(15(23)11-13)26-21(28)14-5-1-4-8-19(14)29-12-20(27)25-18-7-3-2-6-16(18)24/h1-11H,12H2,(H,25,27)(H,26,28). The maximum atomic E-state index is 13.6. The van der Waals surface area contributed by atoms with Crippen LogP contribution >= 0.6 is 23.2 Å². The van der Waals surface area contributed by atoms with E-state index >= 15 is 0 Å². The van der Waals surface area contributed by atoms with E-state index in [9.17, 15) is 14.0 Å². The van der Waals surface area contributed by atoms with E-state index < -0.39 is 24.2 Å². The van der Waals surface area contributed by atoms with Crippen molar-refractivity contribution in [2.75, 3.05) is 17.2 Å². The third-order valence-corrected chi connectivity index (χ3v) is 4.37. The molecule has 0 radical (unpaired) electrons. The lowest BCUT2D eigenvalue weighted by Crippen LogP contribution is -2.22. The maximum Gasteiger partial charge on any atom is 0.262 e. The molecule has 148 valence electrons. The van der Waals surface area contributed by atoms with E-state index in [1.54, 1.807) is 42.5 Å². The van der Waals surface area contributed by atoms with Gasteiger partial charge in [0.05, 0.1) is 22.0 Å². The summed E-state index contributed by atoms with van der Waals surface area (Å²) >= 11 is 11.9. The van der Waals surface area contributed by atoms with Gasteiger partial charge in [-0.3, -0.25) is 9.59 Å². The van der Waals surface area contributed by atoms with E-state index in [-0.39, 0.29) is 22.0 Å². The number of halogens is 3. The summed E-state index contributed by atoms with van der Waals surface area (Å²) in [7, 11) is 0. The summed E-state index contributed by atoms with van der Waals surface area (Å²) in [5.74, 6) is -1.40. The summed E-state index contributed by atoms with van der Waals surface area (Å²) in [5.41, 5.74) is 0.634. The predicted molar refractivity (Wildman–Crippen MR) is 111 cm³/mol. The molecule has 0 heterocycles. The zero-order valence-corrected chi connectivity index (χ0v) is 16.4. The molecule has 3 aromatic carbocycles. The molecule has 0 atom stereocenters. The fourth-order valence-corrected chi connectivity index (χ4v) is 2.91. The third kappa shape index (κ3) is 5.47. The number of carbonyl (C=O) groups excluding carboxylic acids is 2. The first kappa shape index (κ1) is 20.6. The molecule has 3 aromatic rings. The van der Waals surface area contributed by atoms with Crippen LogP contribution < -0.4 is 15.4 Å². The summed E-state index contributed by atoms with van der Waals surface area (Å²) in [6.07, 6.45) is 0. The van der Waals surface area contributed by atoms with Crippen LogP contribution in [-0.2, 0) is 4.79 Å². The number of rotatable bonds is 6. The van der Waals surface area contributed by atoms with Crippen LogP contribution in [0.4, 0.5) is 15.8 Å². The Bertz CT molecular complexity index is 1060. The first-order valence-corrected chi connectivity index (χ1v) is 9.22. The molecule has 5 nitrogen and oxygen atoms in total. The average Bonchev–Trinajstić information content (AvgIpc) is 2.70. The number of amides is 2. The quantitative estimate of drug-likeness (QED) is 0.547. The second kappa shape index (κ2) is 9.41. The van der Waals surface area contributed by atoms with Crippen molar-refractivity contribution in [2.45, 2.75) is 0 Å². The lowest BCUT2D eigenvalue weighted by Gasteiger charge is -2.13. The van der Waals surface area contributed by atoms with Crippen molar-refractivity contribution in [1.29, 1.82) is 0 Å². The molecule has 2 N–H and O–H groups in total. The van der Waals surface area contributed by atoms with Gasteiger partial charge in [0.1, 0.15) is 11.6 Å². The summed E-state index contributed by atoms with van der Waals surface area (Å²) in [6.45, 7) is -0.402. The van der Waals surface area contributed by atoms with E-state index in [0.29, 0.717) is 10.7 Å². The van der Waals surface area contributed by atoms with Gasteiger partial charge in [-0.2, -0.15) is 0 Å². The van der Waals surface area contributed by atoms with E-state index in [0.717, 1.165) is 0 Å². The van der Waals surface area contributed by atoms with Gasteiger partial charge in [-0.15, -0.1) is 0 Å². The highest BCUT2D eigenvalue weighted by atomic mass is 35.5. The second-order valence-corrected chi connectivity index (χ2v) is 6.73. The lowest BCUT2D eigenvalue weighted by atomic mass is 10.2. The minimum atomic E-state index is -0.564. The minimum absolute atomic E-state index is 0.0458. The fourth-order valence-electron chi connectivity index (χ4n) is 2.45. The Morgan fingerprint density at radius 1 is 0.897 bits per heavy atom. The Morgan fingerprint density at radius 3 is 2.38 bits per heavy atom. The summed E-state index contributed by atoms with van der Waals surface area (Å²) in [4.78, 5) is 24.7. The molecule has 0 spiro atoms. The molecule has 0 saturated carbocycles. The Labute approximate surface area is 176 Å². The zero-order valence-electron chi connectivity index (χ0n) is 14.9. The number of hydrogen-bond acceptors (Lipinski definition) is 3. The maximum absolute atomic E-state index is 13.6.